The fraction of sp³-hybridized carbons (Fsp3) is 0.333. The third kappa shape index (κ3) is 5.26. The molecule has 0 aromatic heterocycles. The number of piperazine rings is 1. The smallest absolute Gasteiger partial charge is 0.241 e. The van der Waals surface area contributed by atoms with Gasteiger partial charge in [0.05, 0.1) is 4.90 Å². The Bertz CT molecular complexity index is 1060. The molecule has 0 aliphatic carbocycles. The molecule has 1 saturated heterocycles. The Hall–Kier alpha value is -2.25. The van der Waals surface area contributed by atoms with E-state index in [-0.39, 0.29) is 0 Å². The predicted octanol–water partition coefficient (Wildman–Crippen LogP) is 3.33. The highest BCUT2D eigenvalue weighted by molar-refractivity contribution is 7.89. The molecule has 0 radical (unpaired) electrons. The summed E-state index contributed by atoms with van der Waals surface area (Å²) in [6, 6.07) is 23.6. The lowest BCUT2D eigenvalue weighted by Crippen LogP contribution is -2.46. The van der Waals surface area contributed by atoms with Crippen molar-refractivity contribution in [2.24, 2.45) is 0 Å². The van der Waals surface area contributed by atoms with Crippen molar-refractivity contribution in [1.29, 1.82) is 0 Å². The lowest BCUT2D eigenvalue weighted by molar-refractivity contribution is 0.126. The molecule has 0 bridgehead atoms. The van der Waals surface area contributed by atoms with Crippen LogP contribution in [0.15, 0.2) is 77.7 Å². The Labute approximate surface area is 179 Å². The molecular formula is C24H29N3O2S. The number of sulfonamides is 1. The minimum atomic E-state index is -3.51. The second-order valence-electron chi connectivity index (χ2n) is 7.83. The normalized spacial score (nSPS) is 16.1. The predicted molar refractivity (Wildman–Crippen MR) is 122 cm³/mol. The Morgan fingerprint density at radius 1 is 0.767 bits per heavy atom. The molecule has 3 aromatic carbocycles. The van der Waals surface area contributed by atoms with Crippen molar-refractivity contribution in [3.63, 3.8) is 0 Å². The lowest BCUT2D eigenvalue weighted by Gasteiger charge is -2.34. The van der Waals surface area contributed by atoms with E-state index < -0.39 is 10.0 Å². The first-order valence-electron chi connectivity index (χ1n) is 10.6. The molecule has 1 fully saturated rings. The topological polar surface area (TPSA) is 52.7 Å². The van der Waals surface area contributed by atoms with E-state index in [0.717, 1.165) is 56.5 Å². The van der Waals surface area contributed by atoms with Crippen LogP contribution in [0.2, 0.25) is 0 Å². The summed E-state index contributed by atoms with van der Waals surface area (Å²) in [5.74, 6) is 0. The fourth-order valence-electron chi connectivity index (χ4n) is 4.03. The molecule has 0 amide bonds. The van der Waals surface area contributed by atoms with Crippen LogP contribution < -0.4 is 4.72 Å². The maximum atomic E-state index is 12.8. The molecule has 30 heavy (non-hydrogen) atoms. The van der Waals surface area contributed by atoms with Crippen LogP contribution in [-0.4, -0.2) is 57.5 Å². The Balaban J connectivity index is 1.22. The zero-order valence-corrected chi connectivity index (χ0v) is 18.0. The highest BCUT2D eigenvalue weighted by Crippen LogP contribution is 2.22. The van der Waals surface area contributed by atoms with Crippen LogP contribution in [0.4, 0.5) is 0 Å². The zero-order valence-electron chi connectivity index (χ0n) is 17.2. The van der Waals surface area contributed by atoms with Gasteiger partial charge in [0.15, 0.2) is 0 Å². The van der Waals surface area contributed by atoms with Gasteiger partial charge in [0.1, 0.15) is 0 Å². The van der Waals surface area contributed by atoms with Gasteiger partial charge >= 0.3 is 0 Å². The van der Waals surface area contributed by atoms with Gasteiger partial charge in [-0.05, 0) is 30.0 Å². The fourth-order valence-corrected chi connectivity index (χ4v) is 5.33. The summed E-state index contributed by atoms with van der Waals surface area (Å²) in [6.45, 7) is 6.53. The average molecular weight is 424 g/mol. The van der Waals surface area contributed by atoms with Crippen molar-refractivity contribution in [2.45, 2.75) is 17.9 Å². The second-order valence-corrected chi connectivity index (χ2v) is 9.57. The molecule has 0 spiro atoms. The van der Waals surface area contributed by atoms with E-state index in [1.165, 1.54) is 5.56 Å². The molecule has 158 valence electrons. The summed E-state index contributed by atoms with van der Waals surface area (Å²) in [7, 11) is -3.51. The molecule has 1 aliphatic rings. The average Bonchev–Trinajstić information content (AvgIpc) is 2.78. The third-order valence-electron chi connectivity index (χ3n) is 5.70. The second kappa shape index (κ2) is 9.71. The van der Waals surface area contributed by atoms with E-state index in [1.54, 1.807) is 12.1 Å². The SMILES string of the molecule is O=S(=O)(NCCCN1CCN(Cc2ccccc2)CC1)c1cccc2ccccc12. The first-order chi connectivity index (χ1) is 14.6. The molecule has 5 nitrogen and oxygen atoms in total. The van der Waals surface area contributed by atoms with Gasteiger partial charge in [-0.15, -0.1) is 0 Å². The molecule has 0 atom stereocenters. The molecule has 0 saturated carbocycles. The first kappa shape index (κ1) is 21.0. The maximum Gasteiger partial charge on any atom is 0.241 e. The number of benzene rings is 3. The van der Waals surface area contributed by atoms with Gasteiger partial charge in [-0.25, -0.2) is 13.1 Å². The molecule has 0 unspecified atom stereocenters. The van der Waals surface area contributed by atoms with Gasteiger partial charge in [0, 0.05) is 44.7 Å². The van der Waals surface area contributed by atoms with Crippen LogP contribution in [0, 0.1) is 0 Å². The summed E-state index contributed by atoms with van der Waals surface area (Å²) < 4.78 is 28.3. The molecule has 6 heteroatoms. The number of hydrogen-bond acceptors (Lipinski definition) is 4. The molecule has 3 aromatic rings. The van der Waals surface area contributed by atoms with Crippen LogP contribution in [-0.2, 0) is 16.6 Å². The van der Waals surface area contributed by atoms with Crippen molar-refractivity contribution < 1.29 is 8.42 Å². The van der Waals surface area contributed by atoms with Crippen molar-refractivity contribution in [2.75, 3.05) is 39.3 Å². The number of nitrogens with one attached hydrogen (secondary N) is 1. The van der Waals surface area contributed by atoms with Gasteiger partial charge in [-0.2, -0.15) is 0 Å². The Morgan fingerprint density at radius 3 is 2.23 bits per heavy atom. The van der Waals surface area contributed by atoms with E-state index >= 15 is 0 Å². The molecule has 4 rings (SSSR count). The van der Waals surface area contributed by atoms with Gasteiger partial charge in [-0.1, -0.05) is 66.7 Å². The van der Waals surface area contributed by atoms with E-state index in [4.69, 9.17) is 0 Å². The van der Waals surface area contributed by atoms with Crippen molar-refractivity contribution >= 4 is 20.8 Å². The Kier molecular flexibility index (Phi) is 6.79. The monoisotopic (exact) mass is 423 g/mol. The van der Waals surface area contributed by atoms with Gasteiger partial charge in [0.25, 0.3) is 0 Å². The quantitative estimate of drug-likeness (QED) is 0.565. The van der Waals surface area contributed by atoms with E-state index in [0.29, 0.717) is 11.4 Å². The zero-order chi connectivity index (χ0) is 20.8. The molecule has 1 N–H and O–H groups in total. The minimum Gasteiger partial charge on any atom is -0.301 e. The van der Waals surface area contributed by atoms with Crippen LogP contribution >= 0.6 is 0 Å². The summed E-state index contributed by atoms with van der Waals surface area (Å²) in [6.07, 6.45) is 0.808. The van der Waals surface area contributed by atoms with Crippen LogP contribution in [0.3, 0.4) is 0 Å². The number of rotatable bonds is 8. The van der Waals surface area contributed by atoms with Crippen molar-refractivity contribution in [3.05, 3.63) is 78.4 Å². The largest absolute Gasteiger partial charge is 0.301 e. The first-order valence-corrected chi connectivity index (χ1v) is 12.1. The Morgan fingerprint density at radius 2 is 1.43 bits per heavy atom. The van der Waals surface area contributed by atoms with Crippen LogP contribution in [0.1, 0.15) is 12.0 Å². The summed E-state index contributed by atoms with van der Waals surface area (Å²) in [5, 5.41) is 1.70. The van der Waals surface area contributed by atoms with Crippen molar-refractivity contribution in [1.82, 2.24) is 14.5 Å². The van der Waals surface area contributed by atoms with Gasteiger partial charge < -0.3 is 4.90 Å². The van der Waals surface area contributed by atoms with Crippen LogP contribution in [0.5, 0.6) is 0 Å². The van der Waals surface area contributed by atoms with Crippen molar-refractivity contribution in [3.8, 4) is 0 Å². The van der Waals surface area contributed by atoms with Crippen LogP contribution in [0.25, 0.3) is 10.8 Å². The summed E-state index contributed by atoms with van der Waals surface area (Å²) in [4.78, 5) is 5.26. The number of nitrogens with zero attached hydrogens (tertiary/aromatic N) is 2. The third-order valence-corrected chi connectivity index (χ3v) is 7.22. The minimum absolute atomic E-state index is 0.357. The summed E-state index contributed by atoms with van der Waals surface area (Å²) in [5.41, 5.74) is 1.36. The highest BCUT2D eigenvalue weighted by atomic mass is 32.2. The molecular weight excluding hydrogens is 394 g/mol. The molecule has 1 heterocycles. The number of hydrogen-bond donors (Lipinski definition) is 1. The highest BCUT2D eigenvalue weighted by Gasteiger charge is 2.18. The van der Waals surface area contributed by atoms with Gasteiger partial charge in [0.2, 0.25) is 10.0 Å². The van der Waals surface area contributed by atoms with E-state index in [9.17, 15) is 8.42 Å². The lowest BCUT2D eigenvalue weighted by atomic mass is 10.1. The molecule has 1 aliphatic heterocycles. The van der Waals surface area contributed by atoms with Gasteiger partial charge in [-0.3, -0.25) is 4.90 Å². The summed E-state index contributed by atoms with van der Waals surface area (Å²) >= 11 is 0. The standard InChI is InChI=1S/C24H29N3O2S/c28-30(29,24-13-6-11-22-10-4-5-12-23(22)24)25-14-7-15-26-16-18-27(19-17-26)20-21-8-2-1-3-9-21/h1-6,8-13,25H,7,14-20H2. The van der Waals surface area contributed by atoms with E-state index in [1.807, 2.05) is 30.3 Å². The van der Waals surface area contributed by atoms with E-state index in [2.05, 4.69) is 44.9 Å². The number of fused-ring (bicyclic) bond motifs is 1. The maximum absolute atomic E-state index is 12.8.